The molecular weight excluding hydrogens is 372 g/mol. The molecule has 0 amide bonds. The Kier molecular flexibility index (Phi) is 3.08. The molecule has 1 N–H and O–H groups in total. The Morgan fingerprint density at radius 1 is 0.733 bits per heavy atom. The Balaban J connectivity index is 1.35. The molecule has 5 aromatic rings. The van der Waals surface area contributed by atoms with Gasteiger partial charge >= 0.3 is 0 Å². The Bertz CT molecular complexity index is 1450. The molecule has 0 fully saturated rings. The van der Waals surface area contributed by atoms with Crippen LogP contribution in [0.15, 0.2) is 89.3 Å². The summed E-state index contributed by atoms with van der Waals surface area (Å²) in [5.74, 6) is 0.916. The zero-order valence-electron chi connectivity index (χ0n) is 16.1. The van der Waals surface area contributed by atoms with Crippen molar-refractivity contribution in [1.82, 2.24) is 0 Å². The van der Waals surface area contributed by atoms with Crippen molar-refractivity contribution in [2.24, 2.45) is 0 Å². The minimum atomic E-state index is 0.134. The number of rotatable bonds is 1. The van der Waals surface area contributed by atoms with Gasteiger partial charge in [-0.25, -0.2) is 0 Å². The predicted octanol–water partition coefficient (Wildman–Crippen LogP) is 6.54. The number of anilines is 3. The number of ether oxygens (including phenoxy) is 1. The highest BCUT2D eigenvalue weighted by Gasteiger charge is 2.35. The number of benzene rings is 4. The lowest BCUT2D eigenvalue weighted by Crippen LogP contribution is -2.40. The third kappa shape index (κ3) is 2.16. The van der Waals surface area contributed by atoms with Gasteiger partial charge in [-0.05, 0) is 53.6 Å². The van der Waals surface area contributed by atoms with E-state index < -0.39 is 0 Å². The lowest BCUT2D eigenvalue weighted by Gasteiger charge is -2.33. The highest BCUT2D eigenvalue weighted by molar-refractivity contribution is 6.06. The van der Waals surface area contributed by atoms with Crippen LogP contribution in [-0.2, 0) is 0 Å². The number of hydrogen-bond acceptors (Lipinski definition) is 4. The van der Waals surface area contributed by atoms with Gasteiger partial charge in [-0.3, -0.25) is 0 Å². The van der Waals surface area contributed by atoms with E-state index in [4.69, 9.17) is 9.15 Å². The Hall–Kier alpha value is -3.92. The van der Waals surface area contributed by atoms with Crippen LogP contribution in [0.25, 0.3) is 33.1 Å². The molecule has 1 unspecified atom stereocenters. The number of para-hydroxylation sites is 3. The van der Waals surface area contributed by atoms with E-state index in [0.29, 0.717) is 6.61 Å². The fraction of sp³-hybridized carbons (Fsp3) is 0.0769. The smallest absolute Gasteiger partial charge is 0.143 e. The highest BCUT2D eigenvalue weighted by atomic mass is 16.5. The number of hydrogen-bond donors (Lipinski definition) is 1. The van der Waals surface area contributed by atoms with Crippen LogP contribution in [0.1, 0.15) is 0 Å². The summed E-state index contributed by atoms with van der Waals surface area (Å²) < 4.78 is 12.1. The van der Waals surface area contributed by atoms with E-state index in [1.165, 1.54) is 5.69 Å². The number of fused-ring (bicyclic) bond motifs is 8. The first kappa shape index (κ1) is 15.9. The van der Waals surface area contributed by atoms with Crippen LogP contribution in [0, 0.1) is 0 Å². The summed E-state index contributed by atoms with van der Waals surface area (Å²) in [5, 5.41) is 5.83. The lowest BCUT2D eigenvalue weighted by molar-refractivity contribution is 0.285. The molecule has 144 valence electrons. The average molecular weight is 390 g/mol. The summed E-state index contributed by atoms with van der Waals surface area (Å²) in [6.45, 7) is 0.608. The average Bonchev–Trinajstić information content (AvgIpc) is 3.36. The lowest BCUT2D eigenvalue weighted by atomic mass is 10.0. The van der Waals surface area contributed by atoms with Crippen LogP contribution in [-0.4, -0.2) is 12.8 Å². The number of nitrogens with one attached hydrogen (secondary N) is 1. The van der Waals surface area contributed by atoms with Crippen LogP contribution in [0.3, 0.4) is 0 Å². The SMILES string of the molecule is c1ccc2c(c1)NC1COc3cc(-c4ccc5oc6ccccc6c5c4)ccc3N21. The first-order valence-corrected chi connectivity index (χ1v) is 10.2. The van der Waals surface area contributed by atoms with Crippen LogP contribution in [0.4, 0.5) is 17.1 Å². The molecule has 2 aliphatic rings. The molecule has 7 rings (SSSR count). The van der Waals surface area contributed by atoms with Gasteiger partial charge in [0.15, 0.2) is 0 Å². The Morgan fingerprint density at radius 2 is 1.53 bits per heavy atom. The molecule has 0 spiro atoms. The van der Waals surface area contributed by atoms with Crippen LogP contribution >= 0.6 is 0 Å². The molecule has 3 heterocycles. The molecule has 0 saturated heterocycles. The van der Waals surface area contributed by atoms with Gasteiger partial charge in [0.25, 0.3) is 0 Å². The van der Waals surface area contributed by atoms with Crippen molar-refractivity contribution in [3.05, 3.63) is 84.9 Å². The second-order valence-corrected chi connectivity index (χ2v) is 7.85. The maximum Gasteiger partial charge on any atom is 0.143 e. The van der Waals surface area contributed by atoms with E-state index in [-0.39, 0.29) is 6.17 Å². The number of furan rings is 1. The topological polar surface area (TPSA) is 37.6 Å². The minimum absolute atomic E-state index is 0.134. The summed E-state index contributed by atoms with van der Waals surface area (Å²) in [4.78, 5) is 2.34. The van der Waals surface area contributed by atoms with Crippen LogP contribution < -0.4 is 15.0 Å². The van der Waals surface area contributed by atoms with Gasteiger partial charge < -0.3 is 19.4 Å². The molecule has 0 bridgehead atoms. The molecule has 0 saturated carbocycles. The maximum atomic E-state index is 6.15. The molecule has 1 aromatic heterocycles. The van der Waals surface area contributed by atoms with E-state index >= 15 is 0 Å². The highest BCUT2D eigenvalue weighted by Crippen LogP contribution is 2.47. The van der Waals surface area contributed by atoms with Crippen molar-refractivity contribution < 1.29 is 9.15 Å². The third-order valence-corrected chi connectivity index (χ3v) is 6.12. The van der Waals surface area contributed by atoms with Gasteiger partial charge in [-0.15, -0.1) is 0 Å². The van der Waals surface area contributed by atoms with E-state index in [2.05, 4.69) is 83.0 Å². The molecular formula is C26H18N2O2. The van der Waals surface area contributed by atoms with Gasteiger partial charge in [-0.2, -0.15) is 0 Å². The zero-order chi connectivity index (χ0) is 19.7. The van der Waals surface area contributed by atoms with Gasteiger partial charge in [0.2, 0.25) is 0 Å². The minimum Gasteiger partial charge on any atom is -0.487 e. The fourth-order valence-corrected chi connectivity index (χ4v) is 4.71. The summed E-state index contributed by atoms with van der Waals surface area (Å²) >= 11 is 0. The van der Waals surface area contributed by atoms with E-state index in [1.807, 2.05) is 12.1 Å². The zero-order valence-corrected chi connectivity index (χ0v) is 16.1. The molecule has 4 heteroatoms. The molecule has 0 aliphatic carbocycles. The molecule has 0 radical (unpaired) electrons. The number of nitrogens with zero attached hydrogens (tertiary/aromatic N) is 1. The molecule has 1 atom stereocenters. The van der Waals surface area contributed by atoms with Crippen molar-refractivity contribution in [1.29, 1.82) is 0 Å². The van der Waals surface area contributed by atoms with E-state index in [9.17, 15) is 0 Å². The van der Waals surface area contributed by atoms with Crippen molar-refractivity contribution >= 4 is 39.0 Å². The van der Waals surface area contributed by atoms with Crippen molar-refractivity contribution in [2.75, 3.05) is 16.8 Å². The first-order chi connectivity index (χ1) is 14.8. The van der Waals surface area contributed by atoms with Crippen LogP contribution in [0.2, 0.25) is 0 Å². The summed E-state index contributed by atoms with van der Waals surface area (Å²) in [7, 11) is 0. The van der Waals surface area contributed by atoms with Gasteiger partial charge in [0.05, 0.1) is 17.1 Å². The molecule has 4 nitrogen and oxygen atoms in total. The second-order valence-electron chi connectivity index (χ2n) is 7.85. The third-order valence-electron chi connectivity index (χ3n) is 6.12. The largest absolute Gasteiger partial charge is 0.487 e. The van der Waals surface area contributed by atoms with Crippen molar-refractivity contribution in [3.8, 4) is 16.9 Å². The molecule has 4 aromatic carbocycles. The van der Waals surface area contributed by atoms with Crippen molar-refractivity contribution in [3.63, 3.8) is 0 Å². The normalized spacial score (nSPS) is 16.7. The summed E-state index contributed by atoms with van der Waals surface area (Å²) in [6.07, 6.45) is 0.134. The standard InChI is InChI=1S/C26H18N2O2/c1-4-8-23-18(5-1)19-13-16(10-12-24(19)30-23)17-9-11-22-25(14-17)29-15-26-27-20-6-2-3-7-21(20)28(22)26/h1-14,26-27H,15H2. The van der Waals surface area contributed by atoms with Crippen LogP contribution in [0.5, 0.6) is 5.75 Å². The second kappa shape index (κ2) is 5.80. The maximum absolute atomic E-state index is 6.15. The van der Waals surface area contributed by atoms with Gasteiger partial charge in [0.1, 0.15) is 29.7 Å². The van der Waals surface area contributed by atoms with E-state index in [0.717, 1.165) is 50.2 Å². The Labute approximate surface area is 173 Å². The van der Waals surface area contributed by atoms with Gasteiger partial charge in [0, 0.05) is 10.8 Å². The Morgan fingerprint density at radius 3 is 2.53 bits per heavy atom. The monoisotopic (exact) mass is 390 g/mol. The summed E-state index contributed by atoms with van der Waals surface area (Å²) in [6, 6.07) is 29.5. The molecule has 30 heavy (non-hydrogen) atoms. The van der Waals surface area contributed by atoms with Crippen molar-refractivity contribution in [2.45, 2.75) is 6.17 Å². The van der Waals surface area contributed by atoms with Gasteiger partial charge in [-0.1, -0.05) is 42.5 Å². The summed E-state index contributed by atoms with van der Waals surface area (Å²) in [5.41, 5.74) is 7.58. The predicted molar refractivity (Wildman–Crippen MR) is 121 cm³/mol. The molecule has 2 aliphatic heterocycles. The first-order valence-electron chi connectivity index (χ1n) is 10.2. The van der Waals surface area contributed by atoms with E-state index in [1.54, 1.807) is 0 Å². The quantitative estimate of drug-likeness (QED) is 0.353. The fourth-order valence-electron chi connectivity index (χ4n) is 4.71.